The van der Waals surface area contributed by atoms with E-state index >= 15 is 0 Å². The SMILES string of the molecule is CCOC(=O)C1=C(N)N2C(=O)C(CC(=O)O)SC2=C(C#N)C1c1c(F)cccc1Cl. The number of esters is 1. The van der Waals surface area contributed by atoms with Crippen molar-refractivity contribution in [1.29, 1.82) is 5.26 Å². The zero-order chi connectivity index (χ0) is 22.2. The van der Waals surface area contributed by atoms with E-state index in [0.717, 1.165) is 22.7 Å². The fourth-order valence-corrected chi connectivity index (χ4v) is 4.89. The van der Waals surface area contributed by atoms with Crippen LogP contribution in [0.1, 0.15) is 24.8 Å². The smallest absolute Gasteiger partial charge is 0.338 e. The Morgan fingerprint density at radius 2 is 2.17 bits per heavy atom. The number of fused-ring (bicyclic) bond motifs is 1. The summed E-state index contributed by atoms with van der Waals surface area (Å²) in [5, 5.41) is 17.9. The van der Waals surface area contributed by atoms with Gasteiger partial charge >= 0.3 is 11.9 Å². The molecule has 2 aliphatic rings. The van der Waals surface area contributed by atoms with Crippen molar-refractivity contribution in [3.8, 4) is 6.07 Å². The standard InChI is InChI=1S/C19H15ClFN3O5S/c1-2-29-19(28)15-13(14-9(20)4-3-5-10(14)21)8(7-22)18-24(16(15)23)17(27)11(30-18)6-12(25)26/h3-5,11,13H,2,6,23H2,1H3,(H,25,26). The van der Waals surface area contributed by atoms with Crippen LogP contribution in [0.2, 0.25) is 5.02 Å². The van der Waals surface area contributed by atoms with Gasteiger partial charge in [0.05, 0.1) is 41.2 Å². The van der Waals surface area contributed by atoms with Crippen LogP contribution in [0.15, 0.2) is 40.2 Å². The number of amides is 1. The van der Waals surface area contributed by atoms with Crippen molar-refractivity contribution in [2.75, 3.05) is 6.61 Å². The first-order valence-corrected chi connectivity index (χ1v) is 9.95. The van der Waals surface area contributed by atoms with Gasteiger partial charge in [-0.25, -0.2) is 9.18 Å². The third-order valence-electron chi connectivity index (χ3n) is 4.54. The first-order valence-electron chi connectivity index (χ1n) is 8.70. The molecule has 2 aliphatic heterocycles. The van der Waals surface area contributed by atoms with Crippen molar-refractivity contribution in [2.45, 2.75) is 24.5 Å². The molecule has 0 aromatic heterocycles. The van der Waals surface area contributed by atoms with Crippen LogP contribution < -0.4 is 5.73 Å². The molecule has 0 aliphatic carbocycles. The van der Waals surface area contributed by atoms with E-state index in [9.17, 15) is 24.0 Å². The summed E-state index contributed by atoms with van der Waals surface area (Å²) in [5.41, 5.74) is 5.52. The number of carboxylic acid groups (broad SMARTS) is 1. The summed E-state index contributed by atoms with van der Waals surface area (Å²) in [6.07, 6.45) is -0.519. The van der Waals surface area contributed by atoms with E-state index in [2.05, 4.69) is 0 Å². The first-order chi connectivity index (χ1) is 14.2. The molecule has 156 valence electrons. The van der Waals surface area contributed by atoms with Gasteiger partial charge < -0.3 is 15.6 Å². The minimum absolute atomic E-state index is 0.0316. The number of nitrogens with zero attached hydrogens (tertiary/aromatic N) is 2. The number of carbonyl (C=O) groups is 3. The number of aliphatic carboxylic acids is 1. The monoisotopic (exact) mass is 451 g/mol. The summed E-state index contributed by atoms with van der Waals surface area (Å²) in [7, 11) is 0. The highest BCUT2D eigenvalue weighted by molar-refractivity contribution is 8.04. The highest BCUT2D eigenvalue weighted by Gasteiger charge is 2.49. The van der Waals surface area contributed by atoms with Gasteiger partial charge in [-0.15, -0.1) is 0 Å². The number of carboxylic acids is 1. The van der Waals surface area contributed by atoms with Crippen LogP contribution in [0.3, 0.4) is 0 Å². The molecule has 2 unspecified atom stereocenters. The third-order valence-corrected chi connectivity index (χ3v) is 6.15. The molecule has 1 fully saturated rings. The summed E-state index contributed by atoms with van der Waals surface area (Å²) in [4.78, 5) is 37.6. The van der Waals surface area contributed by atoms with Gasteiger partial charge in [-0.2, -0.15) is 5.26 Å². The Balaban J connectivity index is 2.29. The third kappa shape index (κ3) is 3.51. The van der Waals surface area contributed by atoms with Crippen LogP contribution in [-0.2, 0) is 19.1 Å². The number of nitrogens with two attached hydrogens (primary N) is 1. The number of nitriles is 1. The van der Waals surface area contributed by atoms with Crippen molar-refractivity contribution in [2.24, 2.45) is 5.73 Å². The maximum atomic E-state index is 14.8. The molecule has 3 rings (SSSR count). The van der Waals surface area contributed by atoms with Gasteiger partial charge in [0.15, 0.2) is 0 Å². The summed E-state index contributed by atoms with van der Waals surface area (Å²) in [5.74, 6) is -5.30. The van der Waals surface area contributed by atoms with Crippen molar-refractivity contribution >= 4 is 41.2 Å². The molecule has 1 aromatic carbocycles. The molecule has 30 heavy (non-hydrogen) atoms. The lowest BCUT2D eigenvalue weighted by molar-refractivity contribution is -0.140. The number of benzene rings is 1. The highest BCUT2D eigenvalue weighted by atomic mass is 35.5. The number of thioether (sulfide) groups is 1. The van der Waals surface area contributed by atoms with Crippen LogP contribution in [0, 0.1) is 17.1 Å². The van der Waals surface area contributed by atoms with Crippen molar-refractivity contribution in [1.82, 2.24) is 4.90 Å². The number of rotatable bonds is 5. The molecular formula is C19H15ClFN3O5S. The van der Waals surface area contributed by atoms with Gasteiger partial charge in [0.1, 0.15) is 16.9 Å². The number of hydrogen-bond acceptors (Lipinski definition) is 7. The van der Waals surface area contributed by atoms with Gasteiger partial charge in [0.2, 0.25) is 5.91 Å². The first kappa shape index (κ1) is 21.7. The summed E-state index contributed by atoms with van der Waals surface area (Å²) >= 11 is 7.02. The zero-order valence-electron chi connectivity index (χ0n) is 15.5. The predicted octanol–water partition coefficient (Wildman–Crippen LogP) is 2.46. The van der Waals surface area contributed by atoms with Crippen molar-refractivity contribution in [3.05, 3.63) is 56.6 Å². The maximum Gasteiger partial charge on any atom is 0.338 e. The Kier molecular flexibility index (Phi) is 6.05. The molecule has 0 radical (unpaired) electrons. The Hall–Kier alpha value is -3.03. The second-order valence-corrected chi connectivity index (χ2v) is 7.90. The average Bonchev–Trinajstić information content (AvgIpc) is 2.98. The Bertz CT molecular complexity index is 1040. The molecule has 1 amide bonds. The molecule has 3 N–H and O–H groups in total. The second-order valence-electron chi connectivity index (χ2n) is 6.30. The molecule has 0 bridgehead atoms. The topological polar surface area (TPSA) is 134 Å². The molecule has 0 saturated carbocycles. The largest absolute Gasteiger partial charge is 0.481 e. The number of hydrogen-bond donors (Lipinski definition) is 2. The Labute approximate surface area is 179 Å². The Morgan fingerprint density at radius 3 is 2.73 bits per heavy atom. The fourth-order valence-electron chi connectivity index (χ4n) is 3.34. The van der Waals surface area contributed by atoms with E-state index in [1.54, 1.807) is 6.92 Å². The van der Waals surface area contributed by atoms with Gasteiger partial charge in [-0.3, -0.25) is 14.5 Å². The van der Waals surface area contributed by atoms with Crippen molar-refractivity contribution in [3.63, 3.8) is 0 Å². The van der Waals surface area contributed by atoms with Crippen LogP contribution in [-0.4, -0.2) is 39.7 Å². The van der Waals surface area contributed by atoms with E-state index in [0.29, 0.717) is 0 Å². The van der Waals surface area contributed by atoms with Crippen LogP contribution >= 0.6 is 23.4 Å². The quantitative estimate of drug-likeness (QED) is 0.652. The number of halogens is 2. The van der Waals surface area contributed by atoms with Crippen LogP contribution in [0.5, 0.6) is 0 Å². The van der Waals surface area contributed by atoms with E-state index in [1.165, 1.54) is 12.1 Å². The van der Waals surface area contributed by atoms with Gasteiger partial charge in [0.25, 0.3) is 0 Å². The van der Waals surface area contributed by atoms with E-state index in [1.807, 2.05) is 6.07 Å². The molecule has 0 spiro atoms. The molecule has 1 aromatic rings. The van der Waals surface area contributed by atoms with E-state index in [-0.39, 0.29) is 39.2 Å². The molecule has 2 heterocycles. The summed E-state index contributed by atoms with van der Waals surface area (Å²) in [6, 6.07) is 5.79. The van der Waals surface area contributed by atoms with E-state index in [4.69, 9.17) is 27.2 Å². The van der Waals surface area contributed by atoms with E-state index < -0.39 is 41.3 Å². The van der Waals surface area contributed by atoms with Gasteiger partial charge in [-0.05, 0) is 19.1 Å². The molecule has 2 atom stereocenters. The average molecular weight is 452 g/mol. The molecular weight excluding hydrogens is 437 g/mol. The fraction of sp³-hybridized carbons (Fsp3) is 0.263. The second kappa shape index (κ2) is 8.38. The Morgan fingerprint density at radius 1 is 1.47 bits per heavy atom. The summed E-state index contributed by atoms with van der Waals surface area (Å²) < 4.78 is 19.8. The molecule has 1 saturated heterocycles. The highest BCUT2D eigenvalue weighted by Crippen LogP contribution is 2.51. The number of allylic oxidation sites excluding steroid dienone is 1. The predicted molar refractivity (Wildman–Crippen MR) is 105 cm³/mol. The lowest BCUT2D eigenvalue weighted by atomic mass is 9.82. The molecule has 8 nitrogen and oxygen atoms in total. The van der Waals surface area contributed by atoms with Crippen molar-refractivity contribution < 1.29 is 28.6 Å². The van der Waals surface area contributed by atoms with Crippen LogP contribution in [0.4, 0.5) is 4.39 Å². The van der Waals surface area contributed by atoms with Crippen LogP contribution in [0.25, 0.3) is 0 Å². The maximum absolute atomic E-state index is 14.8. The normalized spacial score (nSPS) is 20.9. The number of ether oxygens (including phenoxy) is 1. The summed E-state index contributed by atoms with van der Waals surface area (Å²) in [6.45, 7) is 1.52. The lowest BCUT2D eigenvalue weighted by Crippen LogP contribution is -2.39. The van der Waals surface area contributed by atoms with Gasteiger partial charge in [0, 0.05) is 10.6 Å². The number of carbonyl (C=O) groups excluding carboxylic acids is 2. The van der Waals surface area contributed by atoms with Gasteiger partial charge in [-0.1, -0.05) is 29.4 Å². The lowest BCUT2D eigenvalue weighted by Gasteiger charge is -2.32. The molecule has 11 heteroatoms. The minimum atomic E-state index is -1.32. The minimum Gasteiger partial charge on any atom is -0.481 e. The zero-order valence-corrected chi connectivity index (χ0v) is 17.1.